The average molecular weight is 462 g/mol. The summed E-state index contributed by atoms with van der Waals surface area (Å²) in [5.41, 5.74) is 6.96. The first kappa shape index (κ1) is 23.8. The van der Waals surface area contributed by atoms with Gasteiger partial charge in [0.25, 0.3) is 0 Å². The molecule has 4 atom stereocenters. The van der Waals surface area contributed by atoms with Gasteiger partial charge in [-0.3, -0.25) is 14.4 Å². The highest BCUT2D eigenvalue weighted by molar-refractivity contribution is 5.96. The lowest BCUT2D eigenvalue weighted by Gasteiger charge is -2.33. The van der Waals surface area contributed by atoms with E-state index in [1.54, 1.807) is 0 Å². The van der Waals surface area contributed by atoms with Gasteiger partial charge in [-0.25, -0.2) is 0 Å². The van der Waals surface area contributed by atoms with E-state index in [1.807, 2.05) is 6.07 Å². The Morgan fingerprint density at radius 1 is 1.21 bits per heavy atom. The standard InChI is InChI=1S/C22H21F3N4O4/c1-11(2)33-20(32)21(10-26)15-8-7-12(18(27)30)9-29(15)17(19(28)31)16(21)13-5-3-4-6-14(13)22(23,24)25/h3-9,11,15-17H,1-2H3,(H2,27,30)(H2,28,31). The molecule has 0 spiro atoms. The lowest BCUT2D eigenvalue weighted by molar-refractivity contribution is -0.158. The molecule has 2 heterocycles. The number of hydrogen-bond acceptors (Lipinski definition) is 6. The summed E-state index contributed by atoms with van der Waals surface area (Å²) in [5, 5.41) is 10.3. The van der Waals surface area contributed by atoms with Crippen LogP contribution in [0.25, 0.3) is 0 Å². The van der Waals surface area contributed by atoms with Gasteiger partial charge in [-0.15, -0.1) is 0 Å². The maximum Gasteiger partial charge on any atom is 0.416 e. The molecule has 0 aliphatic carbocycles. The first-order chi connectivity index (χ1) is 15.4. The maximum absolute atomic E-state index is 13.9. The SMILES string of the molecule is CC(C)OC(=O)C1(C#N)C(c2ccccc2C(F)(F)F)C(C(N)=O)N2C=C(C(N)=O)C=CC21. The number of rotatable bonds is 5. The average Bonchev–Trinajstić information content (AvgIpc) is 3.03. The molecular formula is C22H21F3N4O4. The second kappa shape index (κ2) is 8.27. The number of benzene rings is 1. The van der Waals surface area contributed by atoms with Crippen LogP contribution in [0.1, 0.15) is 30.9 Å². The molecule has 0 radical (unpaired) electrons. The van der Waals surface area contributed by atoms with Gasteiger partial charge in [0.15, 0.2) is 5.41 Å². The number of amides is 2. The Morgan fingerprint density at radius 2 is 1.85 bits per heavy atom. The summed E-state index contributed by atoms with van der Waals surface area (Å²) in [6, 6.07) is 3.36. The van der Waals surface area contributed by atoms with Crippen molar-refractivity contribution in [1.29, 1.82) is 5.26 Å². The highest BCUT2D eigenvalue weighted by Crippen LogP contribution is 2.55. The quantitative estimate of drug-likeness (QED) is 0.639. The molecule has 8 nitrogen and oxygen atoms in total. The molecule has 4 unspecified atom stereocenters. The number of hydrogen-bond donors (Lipinski definition) is 2. The van der Waals surface area contributed by atoms with E-state index in [-0.39, 0.29) is 5.57 Å². The van der Waals surface area contributed by atoms with Crippen LogP contribution >= 0.6 is 0 Å². The summed E-state index contributed by atoms with van der Waals surface area (Å²) < 4.78 is 47.0. The first-order valence-electron chi connectivity index (χ1n) is 9.91. The molecule has 174 valence electrons. The van der Waals surface area contributed by atoms with Crippen molar-refractivity contribution in [3.05, 3.63) is 59.3 Å². The van der Waals surface area contributed by atoms with E-state index < -0.39 is 64.6 Å². The van der Waals surface area contributed by atoms with Crippen LogP contribution in [0, 0.1) is 16.7 Å². The van der Waals surface area contributed by atoms with Gasteiger partial charge in [-0.05, 0) is 31.6 Å². The number of ether oxygens (including phenoxy) is 1. The molecule has 1 aromatic carbocycles. The number of esters is 1. The number of carbonyl (C=O) groups is 3. The number of nitriles is 1. The minimum atomic E-state index is -4.85. The summed E-state index contributed by atoms with van der Waals surface area (Å²) in [7, 11) is 0. The molecule has 2 amide bonds. The zero-order valence-corrected chi connectivity index (χ0v) is 17.7. The zero-order valence-electron chi connectivity index (χ0n) is 17.7. The summed E-state index contributed by atoms with van der Waals surface area (Å²) in [6.07, 6.45) is -1.90. The third-order valence-electron chi connectivity index (χ3n) is 5.70. The number of primary amides is 2. The molecule has 4 N–H and O–H groups in total. The van der Waals surface area contributed by atoms with E-state index in [0.717, 1.165) is 29.3 Å². The van der Waals surface area contributed by atoms with E-state index in [1.165, 1.54) is 32.1 Å². The van der Waals surface area contributed by atoms with E-state index >= 15 is 0 Å². The Balaban J connectivity index is 2.38. The van der Waals surface area contributed by atoms with E-state index in [2.05, 4.69) is 0 Å². The number of nitrogens with two attached hydrogens (primary N) is 2. The lowest BCUT2D eigenvalue weighted by Crippen LogP contribution is -2.46. The van der Waals surface area contributed by atoms with Crippen LogP contribution in [-0.4, -0.2) is 40.9 Å². The van der Waals surface area contributed by atoms with Gasteiger partial charge in [0, 0.05) is 12.1 Å². The molecule has 2 aliphatic heterocycles. The zero-order chi connectivity index (χ0) is 24.7. The van der Waals surface area contributed by atoms with Crippen molar-refractivity contribution in [2.24, 2.45) is 16.9 Å². The molecular weight excluding hydrogens is 441 g/mol. The van der Waals surface area contributed by atoms with Crippen LogP contribution in [0.15, 0.2) is 48.2 Å². The van der Waals surface area contributed by atoms with Gasteiger partial charge in [0.1, 0.15) is 6.04 Å². The molecule has 0 bridgehead atoms. The molecule has 11 heteroatoms. The lowest BCUT2D eigenvalue weighted by atomic mass is 9.67. The molecule has 1 saturated heterocycles. The highest BCUT2D eigenvalue weighted by atomic mass is 19.4. The first-order valence-corrected chi connectivity index (χ1v) is 9.91. The van der Waals surface area contributed by atoms with Gasteiger partial charge in [0.05, 0.1) is 29.4 Å². The summed E-state index contributed by atoms with van der Waals surface area (Å²) >= 11 is 0. The van der Waals surface area contributed by atoms with Crippen molar-refractivity contribution in [3.8, 4) is 6.07 Å². The topological polar surface area (TPSA) is 140 Å². The third-order valence-corrected chi connectivity index (χ3v) is 5.70. The Morgan fingerprint density at radius 3 is 2.36 bits per heavy atom. The van der Waals surface area contributed by atoms with Crippen LogP contribution in [-0.2, 0) is 25.3 Å². The number of alkyl halides is 3. The fourth-order valence-corrected chi connectivity index (χ4v) is 4.46. The second-order valence-electron chi connectivity index (χ2n) is 8.04. The van der Waals surface area contributed by atoms with Crippen LogP contribution in [0.3, 0.4) is 0 Å². The minimum Gasteiger partial charge on any atom is -0.462 e. The molecule has 33 heavy (non-hydrogen) atoms. The van der Waals surface area contributed by atoms with Crippen LogP contribution in [0.2, 0.25) is 0 Å². The Bertz CT molecular complexity index is 1110. The molecule has 2 aliphatic rings. The van der Waals surface area contributed by atoms with Crippen molar-refractivity contribution in [1.82, 2.24) is 4.90 Å². The number of halogens is 3. The van der Waals surface area contributed by atoms with E-state index in [0.29, 0.717) is 0 Å². The Hall–Kier alpha value is -3.81. The van der Waals surface area contributed by atoms with Crippen molar-refractivity contribution in [2.45, 2.75) is 44.1 Å². The van der Waals surface area contributed by atoms with Gasteiger partial charge < -0.3 is 21.1 Å². The maximum atomic E-state index is 13.9. The molecule has 3 rings (SSSR count). The number of carbonyl (C=O) groups excluding carboxylic acids is 3. The van der Waals surface area contributed by atoms with Crippen molar-refractivity contribution in [2.75, 3.05) is 0 Å². The summed E-state index contributed by atoms with van der Waals surface area (Å²) in [5.74, 6) is -4.74. The fourth-order valence-electron chi connectivity index (χ4n) is 4.46. The highest BCUT2D eigenvalue weighted by Gasteiger charge is 2.67. The molecule has 1 aromatic rings. The van der Waals surface area contributed by atoms with E-state index in [4.69, 9.17) is 16.2 Å². The number of fused-ring (bicyclic) bond motifs is 1. The van der Waals surface area contributed by atoms with Crippen LogP contribution in [0.5, 0.6) is 0 Å². The minimum absolute atomic E-state index is 0.0775. The van der Waals surface area contributed by atoms with Crippen molar-refractivity contribution in [3.63, 3.8) is 0 Å². The van der Waals surface area contributed by atoms with Gasteiger partial charge in [-0.1, -0.05) is 24.3 Å². The Kier molecular flexibility index (Phi) is 5.98. The molecule has 1 fully saturated rings. The van der Waals surface area contributed by atoms with Gasteiger partial charge in [-0.2, -0.15) is 18.4 Å². The molecule has 0 aromatic heterocycles. The third kappa shape index (κ3) is 3.82. The second-order valence-corrected chi connectivity index (χ2v) is 8.04. The van der Waals surface area contributed by atoms with Crippen molar-refractivity contribution >= 4 is 17.8 Å². The van der Waals surface area contributed by atoms with Crippen molar-refractivity contribution < 1.29 is 32.3 Å². The van der Waals surface area contributed by atoms with Crippen LogP contribution in [0.4, 0.5) is 13.2 Å². The number of nitrogens with zero attached hydrogens (tertiary/aromatic N) is 2. The monoisotopic (exact) mass is 462 g/mol. The normalized spacial score (nSPS) is 26.4. The smallest absolute Gasteiger partial charge is 0.416 e. The van der Waals surface area contributed by atoms with Crippen LogP contribution < -0.4 is 11.5 Å². The predicted octanol–water partition coefficient (Wildman–Crippen LogP) is 1.73. The van der Waals surface area contributed by atoms with Gasteiger partial charge >= 0.3 is 12.1 Å². The predicted molar refractivity (Wildman–Crippen MR) is 108 cm³/mol. The largest absolute Gasteiger partial charge is 0.462 e. The molecule has 0 saturated carbocycles. The summed E-state index contributed by atoms with van der Waals surface area (Å²) in [6.45, 7) is 3.03. The van der Waals surface area contributed by atoms with E-state index in [9.17, 15) is 32.8 Å². The fraction of sp³-hybridized carbons (Fsp3) is 0.364. The Labute approximate surface area is 187 Å². The summed E-state index contributed by atoms with van der Waals surface area (Å²) in [4.78, 5) is 38.8. The van der Waals surface area contributed by atoms with Gasteiger partial charge in [0.2, 0.25) is 11.8 Å².